The quantitative estimate of drug-likeness (QED) is 0.397. The Morgan fingerprint density at radius 3 is 2.33 bits per heavy atom. The predicted octanol–water partition coefficient (Wildman–Crippen LogP) is 4.63. The molecule has 1 amide bonds. The molecule has 5 nitrogen and oxygen atoms in total. The van der Waals surface area contributed by atoms with Gasteiger partial charge in [-0.2, -0.15) is 0 Å². The van der Waals surface area contributed by atoms with E-state index in [9.17, 15) is 14.7 Å². The number of ketones is 1. The van der Waals surface area contributed by atoms with E-state index in [-0.39, 0.29) is 11.3 Å². The molecule has 1 aliphatic heterocycles. The molecule has 2 aromatic carbocycles. The van der Waals surface area contributed by atoms with Crippen molar-refractivity contribution >= 4 is 23.1 Å². The Morgan fingerprint density at radius 1 is 0.967 bits per heavy atom. The molecule has 0 bridgehead atoms. The number of aliphatic hydroxyl groups excluding tert-OH is 1. The van der Waals surface area contributed by atoms with Gasteiger partial charge in [-0.3, -0.25) is 19.5 Å². The summed E-state index contributed by atoms with van der Waals surface area (Å²) in [7, 11) is 0. The summed E-state index contributed by atoms with van der Waals surface area (Å²) in [5.41, 5.74) is 4.74. The molecule has 1 saturated heterocycles. The zero-order chi connectivity index (χ0) is 21.4. The van der Waals surface area contributed by atoms with Crippen molar-refractivity contribution < 1.29 is 14.7 Å². The molecule has 2 heterocycles. The van der Waals surface area contributed by atoms with Gasteiger partial charge >= 0.3 is 0 Å². The van der Waals surface area contributed by atoms with Gasteiger partial charge in [-0.1, -0.05) is 48.0 Å². The average Bonchev–Trinajstić information content (AvgIpc) is 3.01. The molecule has 30 heavy (non-hydrogen) atoms. The number of carbonyl (C=O) groups excluding carboxylic acids is 2. The first-order valence-corrected chi connectivity index (χ1v) is 9.73. The number of aliphatic hydroxyl groups is 1. The van der Waals surface area contributed by atoms with Crippen LogP contribution >= 0.6 is 0 Å². The number of anilines is 1. The Morgan fingerprint density at radius 2 is 1.67 bits per heavy atom. The summed E-state index contributed by atoms with van der Waals surface area (Å²) in [6, 6.07) is 15.8. The molecular weight excluding hydrogens is 376 g/mol. The van der Waals surface area contributed by atoms with Crippen LogP contribution in [0, 0.1) is 20.8 Å². The van der Waals surface area contributed by atoms with Crippen LogP contribution in [0.3, 0.4) is 0 Å². The van der Waals surface area contributed by atoms with Gasteiger partial charge in [0.05, 0.1) is 11.6 Å². The minimum absolute atomic E-state index is 0.0674. The van der Waals surface area contributed by atoms with Crippen molar-refractivity contribution in [3.05, 3.63) is 100 Å². The van der Waals surface area contributed by atoms with Crippen LogP contribution in [0.25, 0.3) is 5.76 Å². The number of benzene rings is 2. The lowest BCUT2D eigenvalue weighted by Gasteiger charge is -2.27. The Balaban J connectivity index is 1.97. The minimum atomic E-state index is -0.763. The fraction of sp³-hybridized carbons (Fsp3) is 0.160. The number of aryl methyl sites for hydroxylation is 3. The molecule has 5 heteroatoms. The van der Waals surface area contributed by atoms with Crippen molar-refractivity contribution in [3.63, 3.8) is 0 Å². The smallest absolute Gasteiger partial charge is 0.300 e. The molecule has 1 aromatic heterocycles. The van der Waals surface area contributed by atoms with Crippen LogP contribution in [0.15, 0.2) is 72.6 Å². The highest BCUT2D eigenvalue weighted by atomic mass is 16.3. The van der Waals surface area contributed by atoms with E-state index in [0.29, 0.717) is 16.8 Å². The number of hydrogen-bond acceptors (Lipinski definition) is 4. The zero-order valence-electron chi connectivity index (χ0n) is 17.1. The third kappa shape index (κ3) is 3.28. The van der Waals surface area contributed by atoms with Crippen molar-refractivity contribution in [1.82, 2.24) is 4.98 Å². The Labute approximate surface area is 175 Å². The largest absolute Gasteiger partial charge is 0.507 e. The van der Waals surface area contributed by atoms with Crippen LogP contribution in [0.4, 0.5) is 5.69 Å². The predicted molar refractivity (Wildman–Crippen MR) is 116 cm³/mol. The standard InChI is InChI=1S/C25H22N2O3/c1-15-7-10-18(11-8-15)23(28)21-22(19-5-4-12-26-14-19)27(25(30)24(21)29)20-13-16(2)6-9-17(20)3/h4-14,22,28H,1-3H3/b23-21+. The fourth-order valence-corrected chi connectivity index (χ4v) is 3.78. The lowest BCUT2D eigenvalue weighted by molar-refractivity contribution is -0.132. The van der Waals surface area contributed by atoms with Crippen LogP contribution < -0.4 is 4.90 Å². The summed E-state index contributed by atoms with van der Waals surface area (Å²) in [5, 5.41) is 11.1. The molecule has 0 aliphatic carbocycles. The number of nitrogens with zero attached hydrogens (tertiary/aromatic N) is 2. The van der Waals surface area contributed by atoms with Crippen LogP contribution in [0.2, 0.25) is 0 Å². The van der Waals surface area contributed by atoms with Crippen molar-refractivity contribution in [2.75, 3.05) is 4.90 Å². The van der Waals surface area contributed by atoms with E-state index in [1.165, 1.54) is 4.90 Å². The van der Waals surface area contributed by atoms with E-state index in [0.717, 1.165) is 16.7 Å². The van der Waals surface area contributed by atoms with Gasteiger partial charge in [0.15, 0.2) is 0 Å². The minimum Gasteiger partial charge on any atom is -0.507 e. The molecule has 1 aliphatic rings. The SMILES string of the molecule is Cc1ccc(/C(O)=C2\C(=O)C(=O)N(c3cc(C)ccc3C)C2c2cccnc2)cc1. The van der Waals surface area contributed by atoms with Gasteiger partial charge in [-0.15, -0.1) is 0 Å². The van der Waals surface area contributed by atoms with E-state index < -0.39 is 17.7 Å². The number of Topliss-reactive ketones (excluding diaryl/α,β-unsaturated/α-hetero) is 1. The second kappa shape index (κ2) is 7.59. The normalized spacial score (nSPS) is 18.1. The first-order chi connectivity index (χ1) is 14.4. The molecule has 4 rings (SSSR count). The monoisotopic (exact) mass is 398 g/mol. The summed E-state index contributed by atoms with van der Waals surface area (Å²) in [6.45, 7) is 5.78. The Kier molecular flexibility index (Phi) is 4.96. The van der Waals surface area contributed by atoms with E-state index >= 15 is 0 Å². The number of pyridine rings is 1. The summed E-state index contributed by atoms with van der Waals surface area (Å²) >= 11 is 0. The molecule has 0 spiro atoms. The Bertz CT molecular complexity index is 1160. The van der Waals surface area contributed by atoms with Crippen LogP contribution in [-0.4, -0.2) is 21.8 Å². The van der Waals surface area contributed by atoms with Gasteiger partial charge in [0.2, 0.25) is 0 Å². The van der Waals surface area contributed by atoms with E-state index in [4.69, 9.17) is 0 Å². The molecule has 1 fully saturated rings. The molecule has 0 radical (unpaired) electrons. The summed E-state index contributed by atoms with van der Waals surface area (Å²) in [6.07, 6.45) is 3.25. The maximum absolute atomic E-state index is 13.2. The third-order valence-corrected chi connectivity index (χ3v) is 5.39. The maximum atomic E-state index is 13.2. The first-order valence-electron chi connectivity index (χ1n) is 9.73. The molecule has 1 unspecified atom stereocenters. The van der Waals surface area contributed by atoms with E-state index in [1.54, 1.807) is 30.6 Å². The van der Waals surface area contributed by atoms with Crippen LogP contribution in [-0.2, 0) is 9.59 Å². The highest BCUT2D eigenvalue weighted by Gasteiger charge is 2.47. The van der Waals surface area contributed by atoms with Gasteiger partial charge < -0.3 is 5.11 Å². The molecule has 0 saturated carbocycles. The lowest BCUT2D eigenvalue weighted by Crippen LogP contribution is -2.30. The third-order valence-electron chi connectivity index (χ3n) is 5.39. The fourth-order valence-electron chi connectivity index (χ4n) is 3.78. The van der Waals surface area contributed by atoms with Crippen molar-refractivity contribution in [3.8, 4) is 0 Å². The summed E-state index contributed by atoms with van der Waals surface area (Å²) in [5.74, 6) is -1.55. The van der Waals surface area contributed by atoms with Gasteiger partial charge in [0, 0.05) is 23.6 Å². The number of aromatic nitrogens is 1. The van der Waals surface area contributed by atoms with Crippen molar-refractivity contribution in [1.29, 1.82) is 0 Å². The molecule has 1 atom stereocenters. The first kappa shape index (κ1) is 19.6. The summed E-state index contributed by atoms with van der Waals surface area (Å²) in [4.78, 5) is 31.9. The van der Waals surface area contributed by atoms with Crippen LogP contribution in [0.1, 0.15) is 33.9 Å². The molecular formula is C25H22N2O3. The van der Waals surface area contributed by atoms with Crippen LogP contribution in [0.5, 0.6) is 0 Å². The molecule has 150 valence electrons. The van der Waals surface area contributed by atoms with Gasteiger partial charge in [-0.05, 0) is 49.6 Å². The van der Waals surface area contributed by atoms with Gasteiger partial charge in [0.1, 0.15) is 5.76 Å². The second-order valence-electron chi connectivity index (χ2n) is 7.61. The number of carbonyl (C=O) groups is 2. The second-order valence-corrected chi connectivity index (χ2v) is 7.61. The number of amides is 1. The Hall–Kier alpha value is -3.73. The number of hydrogen-bond donors (Lipinski definition) is 1. The zero-order valence-corrected chi connectivity index (χ0v) is 17.1. The highest BCUT2D eigenvalue weighted by molar-refractivity contribution is 6.51. The molecule has 3 aromatic rings. The molecule has 1 N–H and O–H groups in total. The van der Waals surface area contributed by atoms with E-state index in [2.05, 4.69) is 4.98 Å². The maximum Gasteiger partial charge on any atom is 0.300 e. The highest BCUT2D eigenvalue weighted by Crippen LogP contribution is 2.43. The average molecular weight is 398 g/mol. The van der Waals surface area contributed by atoms with Crippen molar-refractivity contribution in [2.45, 2.75) is 26.8 Å². The lowest BCUT2D eigenvalue weighted by atomic mass is 9.95. The topological polar surface area (TPSA) is 70.5 Å². The van der Waals surface area contributed by atoms with Crippen molar-refractivity contribution in [2.24, 2.45) is 0 Å². The number of rotatable bonds is 3. The van der Waals surface area contributed by atoms with E-state index in [1.807, 2.05) is 57.2 Å². The summed E-state index contributed by atoms with van der Waals surface area (Å²) < 4.78 is 0. The van der Waals surface area contributed by atoms with Gasteiger partial charge in [-0.25, -0.2) is 0 Å². The van der Waals surface area contributed by atoms with Gasteiger partial charge in [0.25, 0.3) is 11.7 Å².